The van der Waals surface area contributed by atoms with E-state index in [9.17, 15) is 10.1 Å². The first-order valence-electron chi connectivity index (χ1n) is 9.57. The SMILES string of the molecule is CCc1nnc(N2CCC(C(=O)Nc3ccccc3)CC2)c(C#N)c1CC. The lowest BCUT2D eigenvalue weighted by molar-refractivity contribution is -0.120. The maximum absolute atomic E-state index is 12.5. The highest BCUT2D eigenvalue weighted by Gasteiger charge is 2.28. The number of hydrogen-bond acceptors (Lipinski definition) is 5. The Hall–Kier alpha value is -2.94. The first-order valence-corrected chi connectivity index (χ1v) is 9.57. The number of aromatic nitrogens is 2. The molecule has 6 heteroatoms. The van der Waals surface area contributed by atoms with Crippen molar-refractivity contribution in [1.29, 1.82) is 5.26 Å². The molecule has 1 aliphatic heterocycles. The van der Waals surface area contributed by atoms with Gasteiger partial charge in [0.1, 0.15) is 11.6 Å². The molecule has 1 aliphatic rings. The van der Waals surface area contributed by atoms with E-state index in [0.29, 0.717) is 24.5 Å². The van der Waals surface area contributed by atoms with Crippen LogP contribution in [0.1, 0.15) is 43.5 Å². The topological polar surface area (TPSA) is 81.9 Å². The number of nitrogens with one attached hydrogen (secondary N) is 1. The molecule has 0 bridgehead atoms. The minimum Gasteiger partial charge on any atom is -0.354 e. The first-order chi connectivity index (χ1) is 13.2. The van der Waals surface area contributed by atoms with E-state index >= 15 is 0 Å². The van der Waals surface area contributed by atoms with E-state index in [1.807, 2.05) is 44.2 Å². The van der Waals surface area contributed by atoms with Crippen molar-refractivity contribution in [3.63, 3.8) is 0 Å². The quantitative estimate of drug-likeness (QED) is 0.881. The van der Waals surface area contributed by atoms with Crippen LogP contribution in [0.2, 0.25) is 0 Å². The lowest BCUT2D eigenvalue weighted by Crippen LogP contribution is -2.39. The smallest absolute Gasteiger partial charge is 0.227 e. The van der Waals surface area contributed by atoms with Crippen LogP contribution in [0.25, 0.3) is 0 Å². The lowest BCUT2D eigenvalue weighted by Gasteiger charge is -2.32. The van der Waals surface area contributed by atoms with Crippen LogP contribution < -0.4 is 10.2 Å². The molecule has 6 nitrogen and oxygen atoms in total. The van der Waals surface area contributed by atoms with Gasteiger partial charge in [-0.05, 0) is 43.4 Å². The highest BCUT2D eigenvalue weighted by atomic mass is 16.1. The molecule has 2 heterocycles. The minimum atomic E-state index is -0.0273. The number of benzene rings is 1. The monoisotopic (exact) mass is 363 g/mol. The number of nitriles is 1. The van der Waals surface area contributed by atoms with Gasteiger partial charge in [0.25, 0.3) is 0 Å². The van der Waals surface area contributed by atoms with Crippen molar-refractivity contribution in [3.8, 4) is 6.07 Å². The molecular weight excluding hydrogens is 338 g/mol. The van der Waals surface area contributed by atoms with Crippen LogP contribution in [-0.4, -0.2) is 29.2 Å². The van der Waals surface area contributed by atoms with Crippen LogP contribution >= 0.6 is 0 Å². The van der Waals surface area contributed by atoms with Gasteiger partial charge in [0.05, 0.1) is 5.69 Å². The van der Waals surface area contributed by atoms with Crippen molar-refractivity contribution in [2.24, 2.45) is 5.92 Å². The Labute approximate surface area is 160 Å². The van der Waals surface area contributed by atoms with E-state index in [-0.39, 0.29) is 11.8 Å². The Morgan fingerprint density at radius 2 is 1.89 bits per heavy atom. The van der Waals surface area contributed by atoms with Gasteiger partial charge in [-0.1, -0.05) is 32.0 Å². The van der Waals surface area contributed by atoms with Gasteiger partial charge < -0.3 is 10.2 Å². The summed E-state index contributed by atoms with van der Waals surface area (Å²) in [5.74, 6) is 0.692. The lowest BCUT2D eigenvalue weighted by atomic mass is 9.95. The third kappa shape index (κ3) is 4.08. The number of hydrogen-bond donors (Lipinski definition) is 1. The van der Waals surface area contributed by atoms with Gasteiger partial charge in [-0.3, -0.25) is 4.79 Å². The van der Waals surface area contributed by atoms with Gasteiger partial charge in [-0.15, -0.1) is 5.10 Å². The van der Waals surface area contributed by atoms with E-state index in [4.69, 9.17) is 0 Å². The molecule has 0 saturated carbocycles. The molecule has 0 aliphatic carbocycles. The van der Waals surface area contributed by atoms with Gasteiger partial charge in [-0.25, -0.2) is 0 Å². The Morgan fingerprint density at radius 3 is 2.48 bits per heavy atom. The molecule has 1 amide bonds. The van der Waals surface area contributed by atoms with E-state index in [1.165, 1.54) is 0 Å². The zero-order valence-electron chi connectivity index (χ0n) is 15.9. The summed E-state index contributed by atoms with van der Waals surface area (Å²) in [5.41, 5.74) is 3.35. The summed E-state index contributed by atoms with van der Waals surface area (Å²) in [4.78, 5) is 14.6. The molecule has 3 rings (SSSR count). The number of carbonyl (C=O) groups is 1. The average molecular weight is 363 g/mol. The molecule has 0 radical (unpaired) electrons. The van der Waals surface area contributed by atoms with Crippen molar-refractivity contribution in [2.45, 2.75) is 39.5 Å². The van der Waals surface area contributed by atoms with Crippen LogP contribution in [0, 0.1) is 17.2 Å². The van der Waals surface area contributed by atoms with Crippen LogP contribution in [0.3, 0.4) is 0 Å². The summed E-state index contributed by atoms with van der Waals surface area (Å²) >= 11 is 0. The first kappa shape index (κ1) is 18.8. The van der Waals surface area contributed by atoms with Crippen LogP contribution in [0.15, 0.2) is 30.3 Å². The second-order valence-corrected chi connectivity index (χ2v) is 6.76. The molecule has 140 valence electrons. The van der Waals surface area contributed by atoms with Crippen molar-refractivity contribution in [3.05, 3.63) is 47.2 Å². The zero-order chi connectivity index (χ0) is 19.2. The normalized spacial score (nSPS) is 14.6. The molecule has 1 aromatic heterocycles. The predicted molar refractivity (Wildman–Crippen MR) is 106 cm³/mol. The number of amides is 1. The molecule has 1 N–H and O–H groups in total. The molecule has 27 heavy (non-hydrogen) atoms. The minimum absolute atomic E-state index is 0.0273. The summed E-state index contributed by atoms with van der Waals surface area (Å²) in [7, 11) is 0. The fraction of sp³-hybridized carbons (Fsp3) is 0.429. The predicted octanol–water partition coefficient (Wildman–Crippen LogP) is 3.33. The number of carbonyl (C=O) groups excluding carboxylic acids is 1. The molecule has 0 unspecified atom stereocenters. The van der Waals surface area contributed by atoms with Gasteiger partial charge >= 0.3 is 0 Å². The molecule has 0 atom stereocenters. The van der Waals surface area contributed by atoms with Crippen molar-refractivity contribution < 1.29 is 4.79 Å². The highest BCUT2D eigenvalue weighted by molar-refractivity contribution is 5.92. The molecule has 1 saturated heterocycles. The Kier molecular flexibility index (Phi) is 6.02. The van der Waals surface area contributed by atoms with Crippen molar-refractivity contribution in [1.82, 2.24) is 10.2 Å². The van der Waals surface area contributed by atoms with Gasteiger partial charge in [0, 0.05) is 24.7 Å². The third-order valence-electron chi connectivity index (χ3n) is 5.15. The Morgan fingerprint density at radius 1 is 1.19 bits per heavy atom. The largest absolute Gasteiger partial charge is 0.354 e. The number of rotatable bonds is 5. The second-order valence-electron chi connectivity index (χ2n) is 6.76. The fourth-order valence-corrected chi connectivity index (χ4v) is 3.62. The summed E-state index contributed by atoms with van der Waals surface area (Å²) in [6.45, 7) is 5.47. The maximum atomic E-state index is 12.5. The zero-order valence-corrected chi connectivity index (χ0v) is 15.9. The van der Waals surface area contributed by atoms with E-state index < -0.39 is 0 Å². The highest BCUT2D eigenvalue weighted by Crippen LogP contribution is 2.28. The summed E-state index contributed by atoms with van der Waals surface area (Å²) < 4.78 is 0. The second kappa shape index (κ2) is 8.63. The Bertz CT molecular complexity index is 836. The standard InChI is InChI=1S/C21H25N5O/c1-3-17-18(14-22)20(25-24-19(17)4-2)26-12-10-15(11-13-26)21(27)23-16-8-6-5-7-9-16/h5-9,15H,3-4,10-13H2,1-2H3,(H,23,27). The maximum Gasteiger partial charge on any atom is 0.227 e. The summed E-state index contributed by atoms with van der Waals surface area (Å²) in [5, 5.41) is 21.3. The molecule has 0 spiro atoms. The van der Waals surface area contributed by atoms with Gasteiger partial charge in [0.15, 0.2) is 5.82 Å². The van der Waals surface area contributed by atoms with Crippen LogP contribution in [0.4, 0.5) is 11.5 Å². The van der Waals surface area contributed by atoms with Gasteiger partial charge in [0.2, 0.25) is 5.91 Å². The fourth-order valence-electron chi connectivity index (χ4n) is 3.62. The van der Waals surface area contributed by atoms with E-state index in [1.54, 1.807) is 0 Å². The summed E-state index contributed by atoms with van der Waals surface area (Å²) in [6.07, 6.45) is 3.02. The summed E-state index contributed by atoms with van der Waals surface area (Å²) in [6, 6.07) is 11.9. The van der Waals surface area contributed by atoms with Crippen LogP contribution in [-0.2, 0) is 17.6 Å². The molecule has 1 fully saturated rings. The molecule has 2 aromatic rings. The Balaban J connectivity index is 1.69. The van der Waals surface area contributed by atoms with Crippen molar-refractivity contribution in [2.75, 3.05) is 23.3 Å². The van der Waals surface area contributed by atoms with E-state index in [2.05, 4.69) is 26.5 Å². The molecule has 1 aromatic carbocycles. The van der Waals surface area contributed by atoms with Crippen molar-refractivity contribution >= 4 is 17.4 Å². The number of anilines is 2. The van der Waals surface area contributed by atoms with E-state index in [0.717, 1.165) is 42.6 Å². The number of para-hydroxylation sites is 1. The van der Waals surface area contributed by atoms with Gasteiger partial charge in [-0.2, -0.15) is 10.4 Å². The third-order valence-corrected chi connectivity index (χ3v) is 5.15. The van der Waals surface area contributed by atoms with Crippen LogP contribution in [0.5, 0.6) is 0 Å². The number of aryl methyl sites for hydroxylation is 1. The molecular formula is C21H25N5O. The number of nitrogens with zero attached hydrogens (tertiary/aromatic N) is 4. The number of piperidine rings is 1. The average Bonchev–Trinajstić information content (AvgIpc) is 2.73.